The molecule has 5 aromatic rings. The summed E-state index contributed by atoms with van der Waals surface area (Å²) in [5.41, 5.74) is 5.52. The van der Waals surface area contributed by atoms with Crippen LogP contribution in [0.1, 0.15) is 45.1 Å². The first-order chi connectivity index (χ1) is 21.2. The van der Waals surface area contributed by atoms with Gasteiger partial charge in [0.15, 0.2) is 0 Å². The minimum atomic E-state index is -3.77. The highest BCUT2D eigenvalue weighted by atomic mass is 32.2. The molecule has 1 atom stereocenters. The van der Waals surface area contributed by atoms with Crippen molar-refractivity contribution in [3.05, 3.63) is 131 Å². The Hall–Kier alpha value is -5.06. The number of hydrogen-bond acceptors (Lipinski definition) is 7. The second-order valence-corrected chi connectivity index (χ2v) is 12.5. The molecule has 10 heteroatoms. The van der Waals surface area contributed by atoms with Crippen LogP contribution in [0.3, 0.4) is 0 Å². The molecule has 3 heterocycles. The molecular formula is C34H30N4O5S. The molecule has 44 heavy (non-hydrogen) atoms. The van der Waals surface area contributed by atoms with E-state index in [9.17, 15) is 23.4 Å². The summed E-state index contributed by atoms with van der Waals surface area (Å²) < 4.78 is 28.6. The SMILES string of the molecule is Cc1cc(S(=O)(=O)NCc2ccccc2)cnc1-c1ccc2c(c1)CCC(c1cccnc1)N2C(=O)c1ccc(O)cc1O. The maximum absolute atomic E-state index is 14.0. The van der Waals surface area contributed by atoms with Gasteiger partial charge in [-0.05, 0) is 78.4 Å². The lowest BCUT2D eigenvalue weighted by atomic mass is 9.89. The molecule has 0 saturated carbocycles. The number of aromatic nitrogens is 2. The van der Waals surface area contributed by atoms with Gasteiger partial charge >= 0.3 is 0 Å². The van der Waals surface area contributed by atoms with Crippen LogP contribution in [0.2, 0.25) is 0 Å². The lowest BCUT2D eigenvalue weighted by Crippen LogP contribution is -2.38. The number of rotatable bonds is 7. The molecule has 0 fully saturated rings. The predicted octanol–water partition coefficient (Wildman–Crippen LogP) is 5.68. The van der Waals surface area contributed by atoms with E-state index in [2.05, 4.69) is 14.7 Å². The number of hydrogen-bond donors (Lipinski definition) is 3. The fourth-order valence-corrected chi connectivity index (χ4v) is 6.63. The number of carbonyl (C=O) groups excluding carboxylic acids is 1. The first-order valence-electron chi connectivity index (χ1n) is 14.1. The highest BCUT2D eigenvalue weighted by Gasteiger charge is 2.34. The van der Waals surface area contributed by atoms with Gasteiger partial charge in [0.2, 0.25) is 10.0 Å². The van der Waals surface area contributed by atoms with Gasteiger partial charge < -0.3 is 15.1 Å². The molecule has 3 N–H and O–H groups in total. The number of fused-ring (bicyclic) bond motifs is 1. The Bertz CT molecular complexity index is 1950. The van der Waals surface area contributed by atoms with E-state index in [0.29, 0.717) is 29.8 Å². The summed E-state index contributed by atoms with van der Waals surface area (Å²) in [6, 6.07) is 23.9. The number of benzene rings is 3. The molecule has 1 unspecified atom stereocenters. The van der Waals surface area contributed by atoms with Gasteiger partial charge in [0.25, 0.3) is 5.91 Å². The van der Waals surface area contributed by atoms with Crippen LogP contribution in [0, 0.1) is 6.92 Å². The minimum Gasteiger partial charge on any atom is -0.508 e. The second-order valence-electron chi connectivity index (χ2n) is 10.7. The number of carbonyl (C=O) groups is 1. The lowest BCUT2D eigenvalue weighted by Gasteiger charge is -2.38. The molecule has 1 aliphatic rings. The Morgan fingerprint density at radius 2 is 1.80 bits per heavy atom. The summed E-state index contributed by atoms with van der Waals surface area (Å²) in [5, 5.41) is 20.3. The average Bonchev–Trinajstić information content (AvgIpc) is 3.03. The smallest absolute Gasteiger partial charge is 0.262 e. The van der Waals surface area contributed by atoms with Gasteiger partial charge in [-0.2, -0.15) is 0 Å². The summed E-state index contributed by atoms with van der Waals surface area (Å²) in [5.74, 6) is -0.853. The average molecular weight is 607 g/mol. The van der Waals surface area contributed by atoms with Crippen LogP contribution in [-0.2, 0) is 23.0 Å². The number of pyridine rings is 2. The number of amides is 1. The standard InChI is InChI=1S/C34H30N4O5S/c1-22-16-28(44(42,43)37-19-23-6-3-2-4-7-23)21-36-33(22)25-10-14-30-24(17-25)9-13-31(26-8-5-15-35-20-26)38(30)34(41)29-12-11-27(39)18-32(29)40/h2-8,10-12,14-18,20-21,31,37,39-40H,9,13,19H2,1H3. The molecule has 6 rings (SSSR count). The fraction of sp³-hybridized carbons (Fsp3) is 0.147. The molecule has 1 aliphatic heterocycles. The highest BCUT2D eigenvalue weighted by molar-refractivity contribution is 7.89. The van der Waals surface area contributed by atoms with Crippen molar-refractivity contribution >= 4 is 21.6 Å². The number of nitrogens with zero attached hydrogens (tertiary/aromatic N) is 3. The van der Waals surface area contributed by atoms with Crippen molar-refractivity contribution in [3.8, 4) is 22.8 Å². The first kappa shape index (κ1) is 29.0. The molecule has 3 aromatic carbocycles. The summed E-state index contributed by atoms with van der Waals surface area (Å²) in [4.78, 5) is 24.5. The van der Waals surface area contributed by atoms with Crippen molar-refractivity contribution in [2.75, 3.05) is 4.90 Å². The second kappa shape index (κ2) is 11.9. The minimum absolute atomic E-state index is 0.0730. The zero-order chi connectivity index (χ0) is 30.8. The highest BCUT2D eigenvalue weighted by Crippen LogP contribution is 2.42. The number of aryl methyl sites for hydroxylation is 2. The number of phenolic OH excluding ortho intramolecular Hbond substituents is 2. The Morgan fingerprint density at radius 3 is 2.52 bits per heavy atom. The summed E-state index contributed by atoms with van der Waals surface area (Å²) in [6.45, 7) is 1.99. The maximum atomic E-state index is 14.0. The third kappa shape index (κ3) is 5.77. The zero-order valence-corrected chi connectivity index (χ0v) is 24.7. The Morgan fingerprint density at radius 1 is 0.977 bits per heavy atom. The maximum Gasteiger partial charge on any atom is 0.262 e. The van der Waals surface area contributed by atoms with Crippen LogP contribution in [0.5, 0.6) is 11.5 Å². The van der Waals surface area contributed by atoms with E-state index in [1.54, 1.807) is 23.4 Å². The first-order valence-corrected chi connectivity index (χ1v) is 15.6. The fourth-order valence-electron chi connectivity index (χ4n) is 5.58. The van der Waals surface area contributed by atoms with E-state index in [1.807, 2.05) is 67.6 Å². The Kier molecular flexibility index (Phi) is 7.86. The van der Waals surface area contributed by atoms with Gasteiger partial charge in [-0.15, -0.1) is 0 Å². The van der Waals surface area contributed by atoms with Crippen LogP contribution in [0.15, 0.2) is 108 Å². The Balaban J connectivity index is 1.33. The van der Waals surface area contributed by atoms with Crippen molar-refractivity contribution in [2.24, 2.45) is 0 Å². The molecule has 0 bridgehead atoms. The lowest BCUT2D eigenvalue weighted by molar-refractivity contribution is 0.0970. The van der Waals surface area contributed by atoms with Crippen molar-refractivity contribution in [1.29, 1.82) is 0 Å². The van der Waals surface area contributed by atoms with Crippen LogP contribution >= 0.6 is 0 Å². The van der Waals surface area contributed by atoms with E-state index in [0.717, 1.165) is 28.3 Å². The zero-order valence-electron chi connectivity index (χ0n) is 23.9. The molecular weight excluding hydrogens is 576 g/mol. The van der Waals surface area contributed by atoms with Crippen LogP contribution < -0.4 is 9.62 Å². The molecule has 2 aromatic heterocycles. The monoisotopic (exact) mass is 606 g/mol. The van der Waals surface area contributed by atoms with Crippen LogP contribution in [-0.4, -0.2) is 34.5 Å². The van der Waals surface area contributed by atoms with Gasteiger partial charge in [0, 0.05) is 42.5 Å². The van der Waals surface area contributed by atoms with Crippen LogP contribution in [0.4, 0.5) is 5.69 Å². The Labute approximate surface area is 255 Å². The van der Waals surface area contributed by atoms with Crippen molar-refractivity contribution in [3.63, 3.8) is 0 Å². The molecule has 1 amide bonds. The predicted molar refractivity (Wildman–Crippen MR) is 167 cm³/mol. The molecule has 9 nitrogen and oxygen atoms in total. The number of sulfonamides is 1. The third-order valence-electron chi connectivity index (χ3n) is 7.78. The van der Waals surface area contributed by atoms with Crippen molar-refractivity contribution in [2.45, 2.75) is 37.2 Å². The van der Waals surface area contributed by atoms with Gasteiger partial charge in [-0.25, -0.2) is 13.1 Å². The number of phenols is 2. The third-order valence-corrected chi connectivity index (χ3v) is 9.15. The summed E-state index contributed by atoms with van der Waals surface area (Å²) >= 11 is 0. The summed E-state index contributed by atoms with van der Waals surface area (Å²) in [7, 11) is -3.77. The molecule has 0 aliphatic carbocycles. The van der Waals surface area contributed by atoms with Crippen molar-refractivity contribution in [1.82, 2.24) is 14.7 Å². The van der Waals surface area contributed by atoms with Crippen LogP contribution in [0.25, 0.3) is 11.3 Å². The molecule has 0 spiro atoms. The number of aromatic hydroxyl groups is 2. The number of nitrogens with one attached hydrogen (secondary N) is 1. The van der Waals surface area contributed by atoms with Gasteiger partial charge in [0.05, 0.1) is 17.3 Å². The van der Waals surface area contributed by atoms with E-state index in [4.69, 9.17) is 0 Å². The van der Waals surface area contributed by atoms with Gasteiger partial charge in [0.1, 0.15) is 16.4 Å². The van der Waals surface area contributed by atoms with E-state index < -0.39 is 15.9 Å². The normalized spacial score (nSPS) is 14.7. The molecule has 222 valence electrons. The van der Waals surface area contributed by atoms with E-state index in [-0.39, 0.29) is 34.5 Å². The van der Waals surface area contributed by atoms with Gasteiger partial charge in [-0.3, -0.25) is 14.8 Å². The molecule has 0 radical (unpaired) electrons. The van der Waals surface area contributed by atoms with E-state index in [1.165, 1.54) is 18.3 Å². The van der Waals surface area contributed by atoms with Gasteiger partial charge in [-0.1, -0.05) is 42.5 Å². The topological polar surface area (TPSA) is 133 Å². The largest absolute Gasteiger partial charge is 0.508 e. The number of anilines is 1. The van der Waals surface area contributed by atoms with Crippen molar-refractivity contribution < 1.29 is 23.4 Å². The quantitative estimate of drug-likeness (QED) is 0.217. The van der Waals surface area contributed by atoms with E-state index >= 15 is 0 Å². The summed E-state index contributed by atoms with van der Waals surface area (Å²) in [6.07, 6.45) is 6.05. The molecule has 0 saturated heterocycles.